The van der Waals surface area contributed by atoms with Crippen LogP contribution in [0, 0.1) is 0 Å². The lowest BCUT2D eigenvalue weighted by atomic mass is 10.0. The Bertz CT molecular complexity index is 1070. The van der Waals surface area contributed by atoms with E-state index >= 15 is 0 Å². The number of hydrogen-bond acceptors (Lipinski definition) is 7. The quantitative estimate of drug-likeness (QED) is 0.639. The van der Waals surface area contributed by atoms with Crippen molar-refractivity contribution < 1.29 is 14.4 Å². The molecular formula is C22H23ClN6O3. The molecule has 0 unspecified atom stereocenters. The standard InChI is InChI=1S/C22H23ClN6O3/c1-28(17-4-5-17)22(32)21-14(13-30)3-2-8-29(21)12-20(31)25-19-7-6-18(26-27-19)15-9-16(23)11-24-10-15/h6-7,9-11,13,17H,2-5,8,12H2,1H3,(H,25,27,31). The topological polar surface area (TPSA) is 108 Å². The first-order chi connectivity index (χ1) is 15.5. The molecule has 1 aliphatic carbocycles. The van der Waals surface area contributed by atoms with Crippen LogP contribution in [-0.2, 0) is 14.4 Å². The number of pyridine rings is 1. The predicted octanol–water partition coefficient (Wildman–Crippen LogP) is 2.30. The molecule has 0 saturated heterocycles. The van der Waals surface area contributed by atoms with Crippen molar-refractivity contribution in [3.05, 3.63) is 46.9 Å². The van der Waals surface area contributed by atoms with E-state index in [9.17, 15) is 14.4 Å². The molecule has 166 valence electrons. The molecule has 0 radical (unpaired) electrons. The van der Waals surface area contributed by atoms with E-state index in [1.165, 1.54) is 6.20 Å². The number of nitrogens with one attached hydrogen (secondary N) is 1. The number of anilines is 1. The van der Waals surface area contributed by atoms with Crippen molar-refractivity contribution in [1.29, 1.82) is 0 Å². The number of carbonyl (C=O) groups excluding carboxylic acids is 3. The van der Waals surface area contributed by atoms with Gasteiger partial charge >= 0.3 is 0 Å². The Kier molecular flexibility index (Phi) is 6.45. The average Bonchev–Trinajstić information content (AvgIpc) is 3.64. The first kappa shape index (κ1) is 21.9. The zero-order valence-electron chi connectivity index (χ0n) is 17.6. The second kappa shape index (κ2) is 9.44. The maximum atomic E-state index is 13.0. The molecule has 2 aromatic heterocycles. The van der Waals surface area contributed by atoms with Crippen LogP contribution in [0.15, 0.2) is 41.9 Å². The lowest BCUT2D eigenvalue weighted by molar-refractivity contribution is -0.129. The molecule has 0 spiro atoms. The number of halogens is 1. The molecule has 9 nitrogen and oxygen atoms in total. The number of aldehydes is 1. The zero-order chi connectivity index (χ0) is 22.7. The Labute approximate surface area is 190 Å². The third kappa shape index (κ3) is 4.94. The maximum absolute atomic E-state index is 13.0. The van der Waals surface area contributed by atoms with Crippen LogP contribution in [0.3, 0.4) is 0 Å². The summed E-state index contributed by atoms with van der Waals surface area (Å²) < 4.78 is 0. The average molecular weight is 455 g/mol. The summed E-state index contributed by atoms with van der Waals surface area (Å²) in [5, 5.41) is 11.4. The molecule has 32 heavy (non-hydrogen) atoms. The predicted molar refractivity (Wildman–Crippen MR) is 119 cm³/mol. The van der Waals surface area contributed by atoms with Gasteiger partial charge < -0.3 is 15.1 Å². The van der Waals surface area contributed by atoms with Crippen LogP contribution in [0.5, 0.6) is 0 Å². The summed E-state index contributed by atoms with van der Waals surface area (Å²) >= 11 is 5.96. The highest BCUT2D eigenvalue weighted by atomic mass is 35.5. The van der Waals surface area contributed by atoms with Gasteiger partial charge in [0.05, 0.1) is 17.3 Å². The largest absolute Gasteiger partial charge is 0.357 e. The Morgan fingerprint density at radius 2 is 2.09 bits per heavy atom. The van der Waals surface area contributed by atoms with E-state index in [1.54, 1.807) is 41.2 Å². The normalized spacial score (nSPS) is 16.0. The van der Waals surface area contributed by atoms with Gasteiger partial charge in [0.1, 0.15) is 12.0 Å². The van der Waals surface area contributed by atoms with Crippen molar-refractivity contribution in [2.75, 3.05) is 25.5 Å². The second-order valence-corrected chi connectivity index (χ2v) is 8.34. The molecule has 3 heterocycles. The second-order valence-electron chi connectivity index (χ2n) is 7.91. The molecule has 0 bridgehead atoms. The summed E-state index contributed by atoms with van der Waals surface area (Å²) in [6, 6.07) is 5.28. The van der Waals surface area contributed by atoms with Gasteiger partial charge in [-0.05, 0) is 43.9 Å². The molecule has 2 amide bonds. The van der Waals surface area contributed by atoms with Crippen LogP contribution in [0.4, 0.5) is 5.82 Å². The number of nitrogens with zero attached hydrogens (tertiary/aromatic N) is 5. The third-order valence-electron chi connectivity index (χ3n) is 5.52. The summed E-state index contributed by atoms with van der Waals surface area (Å²) in [6.45, 7) is 0.468. The lowest BCUT2D eigenvalue weighted by Crippen LogP contribution is -2.43. The van der Waals surface area contributed by atoms with Crippen molar-refractivity contribution in [3.63, 3.8) is 0 Å². The molecule has 1 fully saturated rings. The molecule has 4 rings (SSSR count). The minimum absolute atomic E-state index is 0.0570. The number of carbonyl (C=O) groups is 3. The highest BCUT2D eigenvalue weighted by molar-refractivity contribution is 6.30. The number of rotatable bonds is 7. The van der Waals surface area contributed by atoms with Crippen LogP contribution < -0.4 is 5.32 Å². The van der Waals surface area contributed by atoms with Gasteiger partial charge in [-0.2, -0.15) is 0 Å². The number of allylic oxidation sites excluding steroid dienone is 1. The van der Waals surface area contributed by atoms with E-state index < -0.39 is 0 Å². The zero-order valence-corrected chi connectivity index (χ0v) is 18.4. The molecule has 1 saturated carbocycles. The first-order valence-electron chi connectivity index (χ1n) is 10.4. The molecular weight excluding hydrogens is 432 g/mol. The monoisotopic (exact) mass is 454 g/mol. The van der Waals surface area contributed by atoms with Crippen LogP contribution in [0.1, 0.15) is 25.7 Å². The van der Waals surface area contributed by atoms with Gasteiger partial charge in [0.15, 0.2) is 5.82 Å². The van der Waals surface area contributed by atoms with E-state index in [-0.39, 0.29) is 30.2 Å². The van der Waals surface area contributed by atoms with Gasteiger partial charge in [-0.3, -0.25) is 19.4 Å². The van der Waals surface area contributed by atoms with Crippen molar-refractivity contribution in [2.45, 2.75) is 31.7 Å². The first-order valence-corrected chi connectivity index (χ1v) is 10.8. The highest BCUT2D eigenvalue weighted by Crippen LogP contribution is 2.29. The Morgan fingerprint density at radius 1 is 1.28 bits per heavy atom. The molecule has 10 heteroatoms. The Morgan fingerprint density at radius 3 is 2.75 bits per heavy atom. The smallest absolute Gasteiger partial charge is 0.270 e. The van der Waals surface area contributed by atoms with E-state index in [1.807, 2.05) is 0 Å². The van der Waals surface area contributed by atoms with Gasteiger partial charge in [-0.15, -0.1) is 10.2 Å². The summed E-state index contributed by atoms with van der Waals surface area (Å²) in [5.74, 6) is -0.266. The molecule has 2 aromatic rings. The number of aromatic nitrogens is 3. The molecule has 0 aromatic carbocycles. The fourth-order valence-electron chi connectivity index (χ4n) is 3.69. The molecule has 1 N–H and O–H groups in total. The van der Waals surface area contributed by atoms with Crippen LogP contribution in [0.25, 0.3) is 11.3 Å². The maximum Gasteiger partial charge on any atom is 0.270 e. The number of likely N-dealkylation sites (N-methyl/N-ethyl adjacent to an activating group) is 1. The van der Waals surface area contributed by atoms with Gasteiger partial charge in [-0.25, -0.2) is 0 Å². The third-order valence-corrected chi connectivity index (χ3v) is 5.73. The van der Waals surface area contributed by atoms with Crippen LogP contribution >= 0.6 is 11.6 Å². The molecule has 1 aliphatic heterocycles. The molecule has 0 atom stereocenters. The van der Waals surface area contributed by atoms with Crippen molar-refractivity contribution in [2.24, 2.45) is 0 Å². The van der Waals surface area contributed by atoms with E-state index in [4.69, 9.17) is 11.6 Å². The number of hydrogen-bond donors (Lipinski definition) is 1. The fourth-order valence-corrected chi connectivity index (χ4v) is 3.87. The Hall–Kier alpha value is -3.33. The van der Waals surface area contributed by atoms with Crippen molar-refractivity contribution >= 4 is 35.5 Å². The van der Waals surface area contributed by atoms with E-state index in [2.05, 4.69) is 20.5 Å². The van der Waals surface area contributed by atoms with Gasteiger partial charge in [0.2, 0.25) is 5.91 Å². The lowest BCUT2D eigenvalue weighted by Gasteiger charge is -2.33. The van der Waals surface area contributed by atoms with Gasteiger partial charge in [0, 0.05) is 43.2 Å². The fraction of sp³-hybridized carbons (Fsp3) is 0.364. The van der Waals surface area contributed by atoms with E-state index in [0.29, 0.717) is 46.9 Å². The van der Waals surface area contributed by atoms with Crippen LogP contribution in [0.2, 0.25) is 5.02 Å². The highest BCUT2D eigenvalue weighted by Gasteiger charge is 2.35. The summed E-state index contributed by atoms with van der Waals surface area (Å²) in [6.07, 6.45) is 7.05. The Balaban J connectivity index is 1.44. The number of amides is 2. The minimum Gasteiger partial charge on any atom is -0.357 e. The SMILES string of the molecule is CN(C(=O)C1=C(C=O)CCCN1CC(=O)Nc1ccc(-c2cncc(Cl)c2)nn1)C1CC1. The summed E-state index contributed by atoms with van der Waals surface area (Å²) in [4.78, 5) is 44.6. The van der Waals surface area contributed by atoms with Crippen molar-refractivity contribution in [1.82, 2.24) is 25.0 Å². The minimum atomic E-state index is -0.344. The van der Waals surface area contributed by atoms with Gasteiger partial charge in [-0.1, -0.05) is 11.6 Å². The van der Waals surface area contributed by atoms with E-state index in [0.717, 1.165) is 19.1 Å². The van der Waals surface area contributed by atoms with Crippen molar-refractivity contribution in [3.8, 4) is 11.3 Å². The van der Waals surface area contributed by atoms with Gasteiger partial charge in [0.25, 0.3) is 5.91 Å². The molecule has 2 aliphatic rings. The summed E-state index contributed by atoms with van der Waals surface area (Å²) in [7, 11) is 1.74. The summed E-state index contributed by atoms with van der Waals surface area (Å²) in [5.41, 5.74) is 2.06. The van der Waals surface area contributed by atoms with Crippen LogP contribution in [-0.4, -0.2) is 69.3 Å².